The lowest BCUT2D eigenvalue weighted by Gasteiger charge is -2.08. The Kier molecular flexibility index (Phi) is 7.79. The molecule has 4 nitrogen and oxygen atoms in total. The van der Waals surface area contributed by atoms with Crippen LogP contribution in [-0.2, 0) is 0 Å². The van der Waals surface area contributed by atoms with Crippen molar-refractivity contribution >= 4 is 35.1 Å². The van der Waals surface area contributed by atoms with E-state index in [9.17, 15) is 5.11 Å². The molecular formula is C36H26N2O2S. The first-order chi connectivity index (χ1) is 20.3. The maximum Gasteiger partial charge on any atom is 0.136 e. The number of hydrogen-bond donors (Lipinski definition) is 1. The van der Waals surface area contributed by atoms with Gasteiger partial charge in [0.2, 0.25) is 0 Å². The molecule has 0 spiro atoms. The summed E-state index contributed by atoms with van der Waals surface area (Å²) in [5, 5.41) is 10.4. The first kappa shape index (κ1) is 26.0. The molecule has 0 amide bonds. The molecule has 6 rings (SSSR count). The van der Waals surface area contributed by atoms with Crippen LogP contribution in [0.4, 0.5) is 11.4 Å². The molecule has 5 aromatic carbocycles. The second kappa shape index (κ2) is 12.3. The van der Waals surface area contributed by atoms with E-state index in [1.165, 1.54) is 0 Å². The predicted octanol–water partition coefficient (Wildman–Crippen LogP) is 10.1. The molecule has 0 fully saturated rings. The highest BCUT2D eigenvalue weighted by molar-refractivity contribution is 7.20. The molecular weight excluding hydrogens is 524 g/mol. The Morgan fingerprint density at radius 2 is 0.976 bits per heavy atom. The van der Waals surface area contributed by atoms with Gasteiger partial charge in [0.15, 0.2) is 0 Å². The zero-order valence-electron chi connectivity index (χ0n) is 22.1. The van der Waals surface area contributed by atoms with Crippen LogP contribution in [0.2, 0.25) is 0 Å². The summed E-state index contributed by atoms with van der Waals surface area (Å²) >= 11 is 1.65. The van der Waals surface area contributed by atoms with Gasteiger partial charge in [-0.25, -0.2) is 0 Å². The van der Waals surface area contributed by atoms with Gasteiger partial charge in [0, 0.05) is 23.6 Å². The van der Waals surface area contributed by atoms with Gasteiger partial charge in [0.25, 0.3) is 0 Å². The highest BCUT2D eigenvalue weighted by Crippen LogP contribution is 2.52. The maximum atomic E-state index is 10.4. The highest BCUT2D eigenvalue weighted by atomic mass is 32.1. The van der Waals surface area contributed by atoms with E-state index in [1.807, 2.05) is 109 Å². The van der Waals surface area contributed by atoms with E-state index in [1.54, 1.807) is 29.7 Å². The SMILES string of the molecule is Oc1ccccc1C=Nc1c(-c2ccccc2)sc(-c2ccccc2)c1N=Cc1ccccc1Oc1ccccc1. The highest BCUT2D eigenvalue weighted by Gasteiger charge is 2.20. The smallest absolute Gasteiger partial charge is 0.136 e. The lowest BCUT2D eigenvalue weighted by molar-refractivity contribution is 0.474. The number of thiophene rings is 1. The van der Waals surface area contributed by atoms with E-state index >= 15 is 0 Å². The van der Waals surface area contributed by atoms with Crippen LogP contribution in [0.25, 0.3) is 20.9 Å². The molecule has 0 radical (unpaired) electrons. The van der Waals surface area contributed by atoms with Crippen LogP contribution in [0.1, 0.15) is 11.1 Å². The Morgan fingerprint density at radius 3 is 1.56 bits per heavy atom. The summed E-state index contributed by atoms with van der Waals surface area (Å²) in [4.78, 5) is 12.0. The van der Waals surface area contributed by atoms with Gasteiger partial charge in [-0.15, -0.1) is 11.3 Å². The predicted molar refractivity (Wildman–Crippen MR) is 171 cm³/mol. The number of rotatable bonds is 8. The monoisotopic (exact) mass is 550 g/mol. The number of hydrogen-bond acceptors (Lipinski definition) is 5. The number of ether oxygens (including phenoxy) is 1. The molecule has 0 saturated heterocycles. The fourth-order valence-corrected chi connectivity index (χ4v) is 5.59. The van der Waals surface area contributed by atoms with Crippen LogP contribution in [0, 0.1) is 0 Å². The quantitative estimate of drug-likeness (QED) is 0.192. The van der Waals surface area contributed by atoms with Gasteiger partial charge in [-0.05, 0) is 47.5 Å². The van der Waals surface area contributed by atoms with Crippen molar-refractivity contribution in [1.29, 1.82) is 0 Å². The van der Waals surface area contributed by atoms with Crippen LogP contribution in [0.3, 0.4) is 0 Å². The third-order valence-corrected chi connectivity index (χ3v) is 7.69. The van der Waals surface area contributed by atoms with Crippen molar-refractivity contribution < 1.29 is 9.84 Å². The maximum absolute atomic E-state index is 10.4. The summed E-state index contributed by atoms with van der Waals surface area (Å²) in [5.41, 5.74) is 5.07. The fraction of sp³-hybridized carbons (Fsp3) is 0. The number of phenols is 1. The van der Waals surface area contributed by atoms with E-state index in [-0.39, 0.29) is 5.75 Å². The van der Waals surface area contributed by atoms with Crippen LogP contribution >= 0.6 is 11.3 Å². The van der Waals surface area contributed by atoms with Gasteiger partial charge in [0.05, 0.1) is 9.75 Å². The van der Waals surface area contributed by atoms with Crippen LogP contribution in [-0.4, -0.2) is 17.5 Å². The molecule has 0 aliphatic rings. The second-order valence-corrected chi connectivity index (χ2v) is 10.2. The molecule has 0 bridgehead atoms. The minimum atomic E-state index is 0.174. The molecule has 1 heterocycles. The Labute approximate surface area is 243 Å². The first-order valence-corrected chi connectivity index (χ1v) is 14.0. The Morgan fingerprint density at radius 1 is 0.512 bits per heavy atom. The van der Waals surface area contributed by atoms with Crippen molar-refractivity contribution in [1.82, 2.24) is 0 Å². The third-order valence-electron chi connectivity index (χ3n) is 6.42. The lowest BCUT2D eigenvalue weighted by Crippen LogP contribution is -1.90. The molecule has 0 saturated carbocycles. The molecule has 6 aromatic rings. The minimum Gasteiger partial charge on any atom is -0.507 e. The zero-order chi connectivity index (χ0) is 27.9. The molecule has 0 atom stereocenters. The number of aromatic hydroxyl groups is 1. The summed E-state index contributed by atoms with van der Waals surface area (Å²) in [6, 6.07) is 45.2. The van der Waals surface area contributed by atoms with E-state index in [4.69, 9.17) is 14.7 Å². The molecule has 0 unspecified atom stereocenters. The zero-order valence-corrected chi connectivity index (χ0v) is 22.9. The first-order valence-electron chi connectivity index (χ1n) is 13.2. The summed E-state index contributed by atoms with van der Waals surface area (Å²) in [6.45, 7) is 0. The van der Waals surface area contributed by atoms with Gasteiger partial charge in [-0.2, -0.15) is 0 Å². The van der Waals surface area contributed by atoms with Crippen LogP contribution < -0.4 is 4.74 Å². The third kappa shape index (κ3) is 6.01. The van der Waals surface area contributed by atoms with Crippen molar-refractivity contribution in [2.24, 2.45) is 9.98 Å². The number of nitrogens with zero attached hydrogens (tertiary/aromatic N) is 2. The summed E-state index contributed by atoms with van der Waals surface area (Å²) in [7, 11) is 0. The van der Waals surface area contributed by atoms with Gasteiger partial charge >= 0.3 is 0 Å². The molecule has 41 heavy (non-hydrogen) atoms. The van der Waals surface area contributed by atoms with E-state index in [0.29, 0.717) is 11.3 Å². The van der Waals surface area contributed by atoms with Crippen molar-refractivity contribution in [2.75, 3.05) is 0 Å². The lowest BCUT2D eigenvalue weighted by atomic mass is 10.1. The van der Waals surface area contributed by atoms with Gasteiger partial charge in [0.1, 0.15) is 28.6 Å². The van der Waals surface area contributed by atoms with Gasteiger partial charge < -0.3 is 9.84 Å². The Hall–Kier alpha value is -5.26. The molecule has 1 N–H and O–H groups in total. The van der Waals surface area contributed by atoms with E-state index < -0.39 is 0 Å². The fourth-order valence-electron chi connectivity index (χ4n) is 4.38. The normalized spacial score (nSPS) is 11.3. The van der Waals surface area contributed by atoms with Crippen LogP contribution in [0.5, 0.6) is 17.2 Å². The van der Waals surface area contributed by atoms with Gasteiger partial charge in [-0.1, -0.05) is 103 Å². The topological polar surface area (TPSA) is 54.2 Å². The number of phenolic OH excluding ortho intramolecular Hbond substituents is 1. The van der Waals surface area contributed by atoms with Crippen LogP contribution in [0.15, 0.2) is 150 Å². The van der Waals surface area contributed by atoms with Gasteiger partial charge in [-0.3, -0.25) is 9.98 Å². The van der Waals surface area contributed by atoms with Crippen molar-refractivity contribution in [3.8, 4) is 38.1 Å². The largest absolute Gasteiger partial charge is 0.507 e. The van der Waals surface area contributed by atoms with E-state index in [0.717, 1.165) is 43.6 Å². The molecule has 0 aliphatic carbocycles. The van der Waals surface area contributed by atoms with E-state index in [2.05, 4.69) is 24.3 Å². The number of aliphatic imine (C=N–C) groups is 2. The standard InChI is InChI=1S/C36H26N2O2S/c39-31-22-12-10-18-28(31)24-37-33-34(38-25-29-19-11-13-23-32(29)40-30-20-8-3-9-21-30)36(27-16-6-2-7-17-27)41-35(33)26-14-4-1-5-15-26/h1-25,39H. The Balaban J connectivity index is 1.51. The Bertz CT molecular complexity index is 1810. The van der Waals surface area contributed by atoms with Crippen molar-refractivity contribution in [3.05, 3.63) is 151 Å². The molecule has 1 aromatic heterocycles. The molecule has 198 valence electrons. The average Bonchev–Trinajstić information content (AvgIpc) is 3.40. The second-order valence-electron chi connectivity index (χ2n) is 9.22. The number of para-hydroxylation sites is 3. The minimum absolute atomic E-state index is 0.174. The van der Waals surface area contributed by atoms with Crippen molar-refractivity contribution in [2.45, 2.75) is 0 Å². The van der Waals surface area contributed by atoms with Crippen molar-refractivity contribution in [3.63, 3.8) is 0 Å². The average molecular weight is 551 g/mol. The summed E-state index contributed by atoms with van der Waals surface area (Å²) < 4.78 is 6.19. The summed E-state index contributed by atoms with van der Waals surface area (Å²) in [6.07, 6.45) is 3.53. The number of benzene rings is 5. The molecule has 5 heteroatoms. The molecule has 0 aliphatic heterocycles. The summed E-state index contributed by atoms with van der Waals surface area (Å²) in [5.74, 6) is 1.64.